The number of hydrogen-bond donors (Lipinski definition) is 2. The number of aromatic hydroxyl groups is 1. The Morgan fingerprint density at radius 3 is 1.81 bits per heavy atom. The van der Waals surface area contributed by atoms with E-state index in [1.165, 1.54) is 24.8 Å². The molecule has 0 aliphatic heterocycles. The number of ether oxygens (including phenoxy) is 1. The summed E-state index contributed by atoms with van der Waals surface area (Å²) in [6.07, 6.45) is 4.76. The second-order valence-electron chi connectivity index (χ2n) is 5.93. The Morgan fingerprint density at radius 2 is 1.42 bits per heavy atom. The van der Waals surface area contributed by atoms with Gasteiger partial charge in [0.25, 0.3) is 0 Å². The van der Waals surface area contributed by atoms with E-state index in [9.17, 15) is 0 Å². The van der Waals surface area contributed by atoms with E-state index in [0.29, 0.717) is 18.8 Å². The van der Waals surface area contributed by atoms with Crippen LogP contribution in [-0.4, -0.2) is 23.4 Å². The minimum Gasteiger partial charge on any atom is -0.508 e. The maximum Gasteiger partial charge on any atom is 0.119 e. The fraction of sp³-hybridized carbons (Fsp3) is 0.455. The third-order valence-corrected chi connectivity index (χ3v) is 3.27. The number of phenolic OH excluding ortho intramolecular Hbond substituents is 1. The van der Waals surface area contributed by atoms with Crippen LogP contribution in [0.1, 0.15) is 50.7 Å². The topological polar surface area (TPSA) is 49.7 Å². The molecule has 3 nitrogen and oxygen atoms in total. The minimum atomic E-state index is 0. The normalized spacial score (nSPS) is 8.96. The average molecular weight is 569 g/mol. The SMILES string of the molecule is CCCCC.Cc1cccc(O)c1.Cc1cccc(OCCCO)c1.[Rn]. The molecule has 0 spiro atoms. The molecule has 2 rings (SSSR count). The molecule has 0 bridgehead atoms. The molecule has 0 radical (unpaired) electrons. The smallest absolute Gasteiger partial charge is 0.119 e. The Kier molecular flexibility index (Phi) is 21.6. The van der Waals surface area contributed by atoms with Gasteiger partial charge in [-0.05, 0) is 49.2 Å². The van der Waals surface area contributed by atoms with Gasteiger partial charge in [-0.1, -0.05) is 57.4 Å². The van der Waals surface area contributed by atoms with Crippen LogP contribution in [-0.2, 0) is 0 Å². The zero-order chi connectivity index (χ0) is 18.9. The van der Waals surface area contributed by atoms with Crippen LogP contribution >= 0.6 is 0 Å². The summed E-state index contributed by atoms with van der Waals surface area (Å²) in [5, 5.41) is 17.3. The molecule has 26 heavy (non-hydrogen) atoms. The summed E-state index contributed by atoms with van der Waals surface area (Å²) in [7, 11) is 0. The van der Waals surface area contributed by atoms with Crippen LogP contribution in [0.3, 0.4) is 0 Å². The molecule has 0 aliphatic rings. The quantitative estimate of drug-likeness (QED) is 0.443. The fourth-order valence-corrected chi connectivity index (χ4v) is 1.94. The number of hydrogen-bond acceptors (Lipinski definition) is 3. The van der Waals surface area contributed by atoms with Crippen molar-refractivity contribution in [2.24, 2.45) is 0 Å². The van der Waals surface area contributed by atoms with Gasteiger partial charge in [0.15, 0.2) is 0 Å². The number of benzene rings is 2. The molecule has 4 heteroatoms. The average Bonchev–Trinajstić information content (AvgIpc) is 2.57. The van der Waals surface area contributed by atoms with Crippen LogP contribution in [0, 0.1) is 85.7 Å². The predicted octanol–water partition coefficient (Wildman–Crippen LogP) is 5.65. The second kappa shape index (κ2) is 19.9. The first-order valence-corrected chi connectivity index (χ1v) is 9.09. The van der Waals surface area contributed by atoms with E-state index < -0.39 is 0 Å². The molecule has 148 valence electrons. The molecule has 0 atom stereocenters. The van der Waals surface area contributed by atoms with E-state index >= 15 is 0 Å². The third-order valence-electron chi connectivity index (χ3n) is 3.27. The molecule has 0 amide bonds. The maximum absolute atomic E-state index is 8.81. The predicted molar refractivity (Wildman–Crippen MR) is 106 cm³/mol. The number of rotatable bonds is 6. The van der Waals surface area contributed by atoms with Crippen molar-refractivity contribution >= 4 is 0 Å². The van der Waals surface area contributed by atoms with Gasteiger partial charge < -0.3 is 14.9 Å². The largest absolute Gasteiger partial charge is 0.508 e. The Hall–Kier alpha value is 0.117. The van der Waals surface area contributed by atoms with Crippen molar-refractivity contribution < 1.29 is 86.8 Å². The zero-order valence-corrected chi connectivity index (χ0v) is 19.3. The van der Waals surface area contributed by atoms with Crippen molar-refractivity contribution in [2.75, 3.05) is 13.2 Å². The first-order valence-electron chi connectivity index (χ1n) is 9.09. The maximum atomic E-state index is 8.81. The third kappa shape index (κ3) is 17.5. The van der Waals surface area contributed by atoms with Crippen LogP contribution < -0.4 is 4.74 Å². The van der Waals surface area contributed by atoms with Gasteiger partial charge in [0, 0.05) is 84.9 Å². The van der Waals surface area contributed by atoms with Crippen molar-refractivity contribution in [2.45, 2.75) is 53.4 Å². The van der Waals surface area contributed by atoms with E-state index in [-0.39, 0.29) is 78.5 Å². The van der Waals surface area contributed by atoms with E-state index in [4.69, 9.17) is 14.9 Å². The first-order chi connectivity index (χ1) is 12.0. The molecular formula is C22H34O3Rn. The molecule has 0 saturated heterocycles. The Morgan fingerprint density at radius 1 is 0.846 bits per heavy atom. The van der Waals surface area contributed by atoms with Gasteiger partial charge >= 0.3 is 0 Å². The minimum absolute atomic E-state index is 0. The van der Waals surface area contributed by atoms with Crippen LogP contribution in [0.5, 0.6) is 11.5 Å². The van der Waals surface area contributed by atoms with Crippen LogP contribution in [0.25, 0.3) is 0 Å². The molecule has 2 aromatic carbocycles. The summed E-state index contributed by atoms with van der Waals surface area (Å²) in [6.45, 7) is 9.16. The summed E-state index contributed by atoms with van der Waals surface area (Å²) in [5.74, 6) is 1.22. The van der Waals surface area contributed by atoms with Crippen LogP contribution in [0.15, 0.2) is 48.5 Å². The van der Waals surface area contributed by atoms with Gasteiger partial charge in [0.05, 0.1) is 6.61 Å². The Balaban J connectivity index is 0. The summed E-state index contributed by atoms with van der Waals surface area (Å²) in [4.78, 5) is 0. The molecular weight excluding hydrogens is 534 g/mol. The van der Waals surface area contributed by atoms with E-state index in [1.54, 1.807) is 12.1 Å². The van der Waals surface area contributed by atoms with Crippen LogP contribution in [0.2, 0.25) is 0 Å². The molecule has 0 fully saturated rings. The molecule has 2 aromatic rings. The zero-order valence-electron chi connectivity index (χ0n) is 16.5. The van der Waals surface area contributed by atoms with E-state index in [0.717, 1.165) is 11.3 Å². The van der Waals surface area contributed by atoms with Gasteiger partial charge in [-0.3, -0.25) is 0 Å². The number of aliphatic hydroxyl groups is 1. The van der Waals surface area contributed by atoms with Gasteiger partial charge in [-0.25, -0.2) is 0 Å². The number of aliphatic hydroxyl groups excluding tert-OH is 1. The Labute approximate surface area is 221 Å². The van der Waals surface area contributed by atoms with Crippen molar-refractivity contribution in [3.63, 3.8) is 0 Å². The van der Waals surface area contributed by atoms with Gasteiger partial charge in [0.1, 0.15) is 11.5 Å². The van der Waals surface area contributed by atoms with Crippen molar-refractivity contribution in [3.05, 3.63) is 59.7 Å². The van der Waals surface area contributed by atoms with Crippen LogP contribution in [0.4, 0.5) is 0 Å². The monoisotopic (exact) mass is 568 g/mol. The fourth-order valence-electron chi connectivity index (χ4n) is 1.94. The summed E-state index contributed by atoms with van der Waals surface area (Å²) < 4.78 is 5.37. The number of aryl methyl sites for hydroxylation is 2. The van der Waals surface area contributed by atoms with E-state index in [1.807, 2.05) is 50.2 Å². The molecule has 0 aliphatic carbocycles. The summed E-state index contributed by atoms with van der Waals surface area (Å²) in [5.41, 5.74) is 2.28. The number of unbranched alkanes of at least 4 members (excludes halogenated alkanes) is 2. The standard InChI is InChI=1S/C10H14O2.C7H8O.C5H12.Rn/c1-9-4-2-5-10(8-9)12-7-3-6-11;1-6-3-2-4-7(8)5-6;1-3-5-4-2;/h2,4-5,8,11H,3,6-7H2,1H3;2-5,8H,1H3;3-5H2,1-2H3;. The second-order valence-corrected chi connectivity index (χ2v) is 5.93. The van der Waals surface area contributed by atoms with Crippen molar-refractivity contribution in [3.8, 4) is 11.5 Å². The summed E-state index contributed by atoms with van der Waals surface area (Å²) >= 11 is 0. The van der Waals surface area contributed by atoms with Gasteiger partial charge in [-0.15, -0.1) is 0 Å². The molecule has 0 aromatic heterocycles. The first kappa shape index (κ1) is 28.3. The van der Waals surface area contributed by atoms with E-state index in [2.05, 4.69) is 13.8 Å². The molecule has 0 saturated carbocycles. The number of phenols is 1. The molecule has 0 heterocycles. The van der Waals surface area contributed by atoms with Gasteiger partial charge in [-0.2, -0.15) is 0 Å². The van der Waals surface area contributed by atoms with Crippen molar-refractivity contribution in [1.29, 1.82) is 0 Å². The Bertz CT molecular complexity index is 539. The molecule has 0 unspecified atom stereocenters. The van der Waals surface area contributed by atoms with Crippen molar-refractivity contribution in [1.82, 2.24) is 0 Å². The van der Waals surface area contributed by atoms with Gasteiger partial charge in [0.2, 0.25) is 0 Å². The molecule has 2 N–H and O–H groups in total. The summed E-state index contributed by atoms with van der Waals surface area (Å²) in [6, 6.07) is 15.0.